The summed E-state index contributed by atoms with van der Waals surface area (Å²) in [5, 5.41) is 21.5. The number of fused-ring (bicyclic) bond motifs is 1. The number of nitro benzene ring substituents is 1. The van der Waals surface area contributed by atoms with Crippen LogP contribution in [0.15, 0.2) is 47.3 Å². The third-order valence-electron chi connectivity index (χ3n) is 3.70. The molecule has 1 amide bonds. The molecule has 0 radical (unpaired) electrons. The highest BCUT2D eigenvalue weighted by atomic mass is 16.6. The molecule has 0 saturated carbocycles. The van der Waals surface area contributed by atoms with Crippen molar-refractivity contribution < 1.29 is 9.72 Å². The fraction of sp³-hybridized carbons (Fsp3) is 0.125. The van der Waals surface area contributed by atoms with Crippen molar-refractivity contribution in [1.29, 1.82) is 0 Å². The van der Waals surface area contributed by atoms with Crippen LogP contribution in [0.2, 0.25) is 0 Å². The minimum atomic E-state index is -0.532. The summed E-state index contributed by atoms with van der Waals surface area (Å²) >= 11 is 0. The number of rotatable bonds is 4. The maximum absolute atomic E-state index is 12.3. The normalized spacial score (nSPS) is 10.6. The van der Waals surface area contributed by atoms with Gasteiger partial charge >= 0.3 is 0 Å². The Morgan fingerprint density at radius 3 is 2.76 bits per heavy atom. The minimum Gasteiger partial charge on any atom is -0.324 e. The second-order valence-corrected chi connectivity index (χ2v) is 5.32. The van der Waals surface area contributed by atoms with Crippen molar-refractivity contribution in [2.75, 3.05) is 5.32 Å². The van der Waals surface area contributed by atoms with Crippen molar-refractivity contribution in [3.05, 3.63) is 68.5 Å². The summed E-state index contributed by atoms with van der Waals surface area (Å²) in [5.74, 6) is -0.532. The number of hydrogen-bond donors (Lipinski definition) is 1. The molecule has 1 N–H and O–H groups in total. The lowest BCUT2D eigenvalue weighted by atomic mass is 10.1. The van der Waals surface area contributed by atoms with E-state index in [1.165, 1.54) is 19.1 Å². The van der Waals surface area contributed by atoms with Gasteiger partial charge in [0.1, 0.15) is 12.1 Å². The quantitative estimate of drug-likeness (QED) is 0.570. The Kier molecular flexibility index (Phi) is 4.21. The molecule has 9 nitrogen and oxygen atoms in total. The molecule has 126 valence electrons. The summed E-state index contributed by atoms with van der Waals surface area (Å²) < 4.78 is 0.949. The van der Waals surface area contributed by atoms with E-state index in [9.17, 15) is 19.7 Å². The average Bonchev–Trinajstić information content (AvgIpc) is 2.59. The molecule has 0 aliphatic rings. The monoisotopic (exact) mass is 339 g/mol. The van der Waals surface area contributed by atoms with Crippen LogP contribution < -0.4 is 10.9 Å². The van der Waals surface area contributed by atoms with E-state index in [1.54, 1.807) is 30.3 Å². The standard InChI is InChI=1S/C16H13N5O4/c1-10-12(7-4-8-14(10)21(24)25)17-15(22)9-20-16(23)11-5-2-3-6-13(11)18-19-20/h2-8H,9H2,1H3,(H,17,22). The van der Waals surface area contributed by atoms with Crippen LogP contribution in [-0.2, 0) is 11.3 Å². The predicted octanol–water partition coefficient (Wildman–Crippen LogP) is 1.65. The van der Waals surface area contributed by atoms with Crippen LogP contribution in [0, 0.1) is 17.0 Å². The molecule has 0 spiro atoms. The maximum Gasteiger partial charge on any atom is 0.278 e. The number of carbonyl (C=O) groups is 1. The highest BCUT2D eigenvalue weighted by Gasteiger charge is 2.16. The van der Waals surface area contributed by atoms with Crippen molar-refractivity contribution in [3.63, 3.8) is 0 Å². The topological polar surface area (TPSA) is 120 Å². The highest BCUT2D eigenvalue weighted by Crippen LogP contribution is 2.24. The summed E-state index contributed by atoms with van der Waals surface area (Å²) in [7, 11) is 0. The minimum absolute atomic E-state index is 0.0968. The Bertz CT molecular complexity index is 1040. The molecule has 1 heterocycles. The predicted molar refractivity (Wildman–Crippen MR) is 90.3 cm³/mol. The summed E-state index contributed by atoms with van der Waals surface area (Å²) in [6.07, 6.45) is 0. The molecule has 3 aromatic rings. The van der Waals surface area contributed by atoms with Gasteiger partial charge in [-0.1, -0.05) is 23.4 Å². The van der Waals surface area contributed by atoms with Crippen LogP contribution >= 0.6 is 0 Å². The Morgan fingerprint density at radius 2 is 2.00 bits per heavy atom. The number of carbonyl (C=O) groups excluding carboxylic acids is 1. The summed E-state index contributed by atoms with van der Waals surface area (Å²) in [4.78, 5) is 34.9. The van der Waals surface area contributed by atoms with Crippen LogP contribution in [0.4, 0.5) is 11.4 Å². The van der Waals surface area contributed by atoms with E-state index in [4.69, 9.17) is 0 Å². The first-order chi connectivity index (χ1) is 12.0. The zero-order valence-electron chi connectivity index (χ0n) is 13.2. The third-order valence-corrected chi connectivity index (χ3v) is 3.70. The first-order valence-corrected chi connectivity index (χ1v) is 7.34. The van der Waals surface area contributed by atoms with Gasteiger partial charge in [-0.25, -0.2) is 4.68 Å². The van der Waals surface area contributed by atoms with Crippen molar-refractivity contribution in [2.24, 2.45) is 0 Å². The van der Waals surface area contributed by atoms with Crippen molar-refractivity contribution >= 4 is 28.2 Å². The van der Waals surface area contributed by atoms with E-state index >= 15 is 0 Å². The number of nitrogens with one attached hydrogen (secondary N) is 1. The Balaban J connectivity index is 1.84. The van der Waals surface area contributed by atoms with Gasteiger partial charge in [0.2, 0.25) is 5.91 Å². The SMILES string of the molecule is Cc1c(NC(=O)Cn2nnc3ccccc3c2=O)cccc1[N+](=O)[O-]. The molecule has 0 atom stereocenters. The van der Waals surface area contributed by atoms with Crippen LogP contribution in [0.5, 0.6) is 0 Å². The van der Waals surface area contributed by atoms with Gasteiger partial charge in [-0.15, -0.1) is 5.10 Å². The fourth-order valence-electron chi connectivity index (χ4n) is 2.41. The van der Waals surface area contributed by atoms with E-state index in [2.05, 4.69) is 15.6 Å². The van der Waals surface area contributed by atoms with E-state index < -0.39 is 16.4 Å². The second kappa shape index (κ2) is 6.48. The smallest absolute Gasteiger partial charge is 0.278 e. The Hall–Kier alpha value is -3.62. The van der Waals surface area contributed by atoms with Crippen LogP contribution in [0.25, 0.3) is 10.9 Å². The number of anilines is 1. The first kappa shape index (κ1) is 16.2. The molecular weight excluding hydrogens is 326 g/mol. The van der Waals surface area contributed by atoms with Gasteiger partial charge in [0.25, 0.3) is 11.2 Å². The Morgan fingerprint density at radius 1 is 1.24 bits per heavy atom. The van der Waals surface area contributed by atoms with E-state index in [1.807, 2.05) is 0 Å². The molecule has 0 fully saturated rings. The zero-order chi connectivity index (χ0) is 18.0. The van der Waals surface area contributed by atoms with Gasteiger partial charge in [-0.2, -0.15) is 0 Å². The van der Waals surface area contributed by atoms with Gasteiger partial charge in [-0.05, 0) is 25.1 Å². The van der Waals surface area contributed by atoms with E-state index in [-0.39, 0.29) is 12.2 Å². The molecule has 0 saturated heterocycles. The molecule has 3 rings (SSSR count). The lowest BCUT2D eigenvalue weighted by Gasteiger charge is -2.09. The molecule has 0 unspecified atom stereocenters. The lowest BCUT2D eigenvalue weighted by molar-refractivity contribution is -0.385. The van der Waals surface area contributed by atoms with Gasteiger partial charge in [-0.3, -0.25) is 19.7 Å². The number of benzene rings is 2. The summed E-state index contributed by atoms with van der Waals surface area (Å²) in [6.45, 7) is 1.19. The van der Waals surface area contributed by atoms with E-state index in [0.717, 1.165) is 4.68 Å². The number of nitrogens with zero attached hydrogens (tertiary/aromatic N) is 4. The van der Waals surface area contributed by atoms with Gasteiger partial charge < -0.3 is 5.32 Å². The second-order valence-electron chi connectivity index (χ2n) is 5.32. The molecular formula is C16H13N5O4. The molecule has 25 heavy (non-hydrogen) atoms. The molecule has 0 aliphatic heterocycles. The highest BCUT2D eigenvalue weighted by molar-refractivity contribution is 5.92. The van der Waals surface area contributed by atoms with Crippen molar-refractivity contribution in [2.45, 2.75) is 13.5 Å². The molecule has 1 aromatic heterocycles. The number of hydrogen-bond acceptors (Lipinski definition) is 6. The fourth-order valence-corrected chi connectivity index (χ4v) is 2.41. The maximum atomic E-state index is 12.3. The lowest BCUT2D eigenvalue weighted by Crippen LogP contribution is -2.30. The third kappa shape index (κ3) is 3.20. The number of aromatic nitrogens is 3. The summed E-state index contributed by atoms with van der Waals surface area (Å²) in [6, 6.07) is 11.1. The molecule has 2 aromatic carbocycles. The number of nitro groups is 1. The largest absolute Gasteiger partial charge is 0.324 e. The van der Waals surface area contributed by atoms with Gasteiger partial charge in [0.15, 0.2) is 0 Å². The molecule has 0 bridgehead atoms. The van der Waals surface area contributed by atoms with Crippen molar-refractivity contribution in [1.82, 2.24) is 15.0 Å². The summed E-state index contributed by atoms with van der Waals surface area (Å²) in [5.41, 5.74) is 0.550. The van der Waals surface area contributed by atoms with E-state index in [0.29, 0.717) is 22.2 Å². The molecule has 9 heteroatoms. The average molecular weight is 339 g/mol. The van der Waals surface area contributed by atoms with Gasteiger partial charge in [0, 0.05) is 6.07 Å². The molecule has 0 aliphatic carbocycles. The number of amides is 1. The van der Waals surface area contributed by atoms with Crippen LogP contribution in [0.3, 0.4) is 0 Å². The van der Waals surface area contributed by atoms with Crippen LogP contribution in [0.1, 0.15) is 5.56 Å². The van der Waals surface area contributed by atoms with Crippen LogP contribution in [-0.4, -0.2) is 25.8 Å². The van der Waals surface area contributed by atoms with Crippen molar-refractivity contribution in [3.8, 4) is 0 Å². The zero-order valence-corrected chi connectivity index (χ0v) is 13.2. The Labute approximate surface area is 141 Å². The van der Waals surface area contributed by atoms with Gasteiger partial charge in [0.05, 0.1) is 21.6 Å². The first-order valence-electron chi connectivity index (χ1n) is 7.34.